The molecular weight excluding hydrogens is 474 g/mol. The fourth-order valence-corrected chi connectivity index (χ4v) is 10.3. The summed E-state index contributed by atoms with van der Waals surface area (Å²) in [5, 5.41) is 13.3. The van der Waals surface area contributed by atoms with E-state index >= 15 is 0 Å². The molecule has 0 aromatic carbocycles. The average Bonchev–Trinajstić information content (AvgIpc) is 2.84. The molecule has 2 fully saturated rings. The lowest BCUT2D eigenvalue weighted by Crippen LogP contribution is -2.62. The van der Waals surface area contributed by atoms with Crippen molar-refractivity contribution in [2.75, 3.05) is 7.11 Å². The van der Waals surface area contributed by atoms with Crippen LogP contribution >= 0.6 is 0 Å². The van der Waals surface area contributed by atoms with Gasteiger partial charge in [0.05, 0.1) is 7.11 Å². The molecule has 0 spiro atoms. The highest BCUT2D eigenvalue weighted by molar-refractivity contribution is 5.67. The van der Waals surface area contributed by atoms with Crippen LogP contribution in [0.2, 0.25) is 0 Å². The Morgan fingerprint density at radius 3 is 2.13 bits per heavy atom. The predicted molar refractivity (Wildman–Crippen MR) is 156 cm³/mol. The number of hydrogen-bond donors (Lipinski definition) is 2. The number of rotatable bonds is 5. The fraction of sp³-hybridized carbons (Fsp3) is 0.909. The predicted octanol–water partition coefficient (Wildman–Crippen LogP) is 8.45. The van der Waals surface area contributed by atoms with Crippen LogP contribution < -0.4 is 5.32 Å². The Morgan fingerprint density at radius 1 is 1.03 bits per heavy atom. The topological polar surface area (TPSA) is 67.8 Å². The smallest absolute Gasteiger partial charge is 0.407 e. The number of alkyl carbamates (subject to hydrolysis) is 1. The summed E-state index contributed by atoms with van der Waals surface area (Å²) in [5.74, 6) is 4.12. The van der Waals surface area contributed by atoms with Gasteiger partial charge in [-0.1, -0.05) is 87.3 Å². The molecule has 0 radical (unpaired) electrons. The van der Waals surface area contributed by atoms with E-state index in [-0.39, 0.29) is 34.1 Å². The standard InChI is InChI=1S/C33H59NO4/c1-17-15-18(2)33(13)23(7)20(4)27-22(6)26(29(38-36)21(5)25(9)34-30(35)37-14)16-32(12,31(27,10)11)24(8)28(33)19(17)3/h17-21,23-26,28-29,36H,15-16H2,1-14H3,(H,34,35)/t17?,18?,19?,20?,21?,23?,24?,25?,26?,28?,29?,32?,33-/m0/s1. The van der Waals surface area contributed by atoms with E-state index in [9.17, 15) is 10.1 Å². The zero-order valence-corrected chi connectivity index (χ0v) is 26.9. The van der Waals surface area contributed by atoms with Crippen LogP contribution in [0.3, 0.4) is 0 Å². The highest BCUT2D eigenvalue weighted by atomic mass is 17.1. The van der Waals surface area contributed by atoms with Gasteiger partial charge in [0, 0.05) is 17.9 Å². The molecule has 5 nitrogen and oxygen atoms in total. The van der Waals surface area contributed by atoms with Crippen LogP contribution in [0.15, 0.2) is 11.1 Å². The average molecular weight is 534 g/mol. The lowest BCUT2D eigenvalue weighted by molar-refractivity contribution is -0.304. The van der Waals surface area contributed by atoms with Crippen molar-refractivity contribution in [3.8, 4) is 0 Å². The van der Waals surface area contributed by atoms with Gasteiger partial charge in [0.25, 0.3) is 0 Å². The molecule has 220 valence electrons. The van der Waals surface area contributed by atoms with E-state index < -0.39 is 12.2 Å². The van der Waals surface area contributed by atoms with Gasteiger partial charge in [0.2, 0.25) is 0 Å². The Kier molecular flexibility index (Phi) is 8.88. The Labute approximate surface area is 233 Å². The van der Waals surface area contributed by atoms with Gasteiger partial charge in [-0.3, -0.25) is 5.26 Å². The summed E-state index contributed by atoms with van der Waals surface area (Å²) in [6.45, 7) is 31.5. The van der Waals surface area contributed by atoms with E-state index in [1.54, 1.807) is 5.57 Å². The van der Waals surface area contributed by atoms with Crippen molar-refractivity contribution in [1.29, 1.82) is 0 Å². The summed E-state index contributed by atoms with van der Waals surface area (Å²) in [7, 11) is 1.38. The quantitative estimate of drug-likeness (QED) is 0.211. The molecule has 0 saturated heterocycles. The van der Waals surface area contributed by atoms with Gasteiger partial charge in [-0.2, -0.15) is 0 Å². The van der Waals surface area contributed by atoms with Crippen molar-refractivity contribution in [2.24, 2.45) is 69.5 Å². The Hall–Kier alpha value is -1.07. The summed E-state index contributed by atoms with van der Waals surface area (Å²) in [5.41, 5.74) is 3.25. The van der Waals surface area contributed by atoms with Gasteiger partial charge in [-0.25, -0.2) is 9.68 Å². The number of amides is 1. The lowest BCUT2D eigenvalue weighted by Gasteiger charge is -2.68. The molecule has 0 aliphatic heterocycles. The van der Waals surface area contributed by atoms with Crippen molar-refractivity contribution >= 4 is 6.09 Å². The number of allylic oxidation sites excluding steroid dienone is 1. The highest BCUT2D eigenvalue weighted by Gasteiger charge is 2.64. The molecule has 13 atom stereocenters. The second-order valence-corrected chi connectivity index (χ2v) is 15.0. The maximum Gasteiger partial charge on any atom is 0.407 e. The maximum atomic E-state index is 12.0. The van der Waals surface area contributed by atoms with Crippen LogP contribution in [-0.2, 0) is 9.62 Å². The van der Waals surface area contributed by atoms with Gasteiger partial charge in [-0.15, -0.1) is 0 Å². The zero-order chi connectivity index (χ0) is 29.1. The van der Waals surface area contributed by atoms with Crippen LogP contribution in [0.4, 0.5) is 4.79 Å². The third-order valence-corrected chi connectivity index (χ3v) is 13.8. The van der Waals surface area contributed by atoms with E-state index in [1.165, 1.54) is 19.1 Å². The number of hydrogen-bond acceptors (Lipinski definition) is 4. The monoisotopic (exact) mass is 533 g/mol. The van der Waals surface area contributed by atoms with Crippen molar-refractivity contribution in [3.63, 3.8) is 0 Å². The molecule has 38 heavy (non-hydrogen) atoms. The minimum absolute atomic E-state index is 0.0186. The molecule has 0 aromatic rings. The summed E-state index contributed by atoms with van der Waals surface area (Å²) < 4.78 is 4.85. The molecule has 0 heterocycles. The minimum Gasteiger partial charge on any atom is -0.453 e. The normalized spacial score (nSPS) is 45.2. The van der Waals surface area contributed by atoms with Crippen LogP contribution in [0.5, 0.6) is 0 Å². The van der Waals surface area contributed by atoms with Crippen LogP contribution in [0.25, 0.3) is 0 Å². The Morgan fingerprint density at radius 2 is 1.61 bits per heavy atom. The summed E-state index contributed by atoms with van der Waals surface area (Å²) in [4.78, 5) is 17.3. The summed E-state index contributed by atoms with van der Waals surface area (Å²) >= 11 is 0. The summed E-state index contributed by atoms with van der Waals surface area (Å²) in [6.07, 6.45) is 1.39. The fourth-order valence-electron chi connectivity index (χ4n) is 10.3. The minimum atomic E-state index is -0.456. The van der Waals surface area contributed by atoms with E-state index in [0.717, 1.165) is 6.42 Å². The van der Waals surface area contributed by atoms with Crippen LogP contribution in [-0.4, -0.2) is 30.6 Å². The second-order valence-electron chi connectivity index (χ2n) is 15.0. The number of methoxy groups -OCH3 is 1. The van der Waals surface area contributed by atoms with Gasteiger partial charge in [-0.05, 0) is 84.4 Å². The molecule has 1 amide bonds. The summed E-state index contributed by atoms with van der Waals surface area (Å²) in [6, 6.07) is -0.206. The molecule has 3 rings (SSSR count). The zero-order valence-electron chi connectivity index (χ0n) is 26.9. The third kappa shape index (κ3) is 4.46. The molecule has 5 heteroatoms. The molecule has 3 aliphatic carbocycles. The third-order valence-electron chi connectivity index (χ3n) is 13.8. The van der Waals surface area contributed by atoms with Gasteiger partial charge < -0.3 is 10.1 Å². The molecular formula is C33H59NO4. The van der Waals surface area contributed by atoms with E-state index in [1.807, 2.05) is 6.92 Å². The van der Waals surface area contributed by atoms with Crippen molar-refractivity contribution in [1.82, 2.24) is 5.32 Å². The number of carbonyl (C=O) groups excluding carboxylic acids is 1. The van der Waals surface area contributed by atoms with Crippen molar-refractivity contribution < 1.29 is 19.7 Å². The number of carbonyl (C=O) groups is 1. The second kappa shape index (κ2) is 10.7. The van der Waals surface area contributed by atoms with Crippen LogP contribution in [0, 0.1) is 69.5 Å². The molecule has 3 aliphatic rings. The van der Waals surface area contributed by atoms with E-state index in [4.69, 9.17) is 9.62 Å². The molecule has 12 unspecified atom stereocenters. The lowest BCUT2D eigenvalue weighted by atomic mass is 9.37. The van der Waals surface area contributed by atoms with E-state index in [2.05, 4.69) is 88.4 Å². The first kappa shape index (κ1) is 31.5. The van der Waals surface area contributed by atoms with Gasteiger partial charge >= 0.3 is 6.09 Å². The number of ether oxygens (including phenoxy) is 1. The van der Waals surface area contributed by atoms with E-state index in [0.29, 0.717) is 41.4 Å². The highest BCUT2D eigenvalue weighted by Crippen LogP contribution is 2.70. The Bertz CT molecular complexity index is 913. The molecule has 2 saturated carbocycles. The first-order valence-electron chi connectivity index (χ1n) is 15.3. The van der Waals surface area contributed by atoms with Crippen LogP contribution in [0.1, 0.15) is 103 Å². The van der Waals surface area contributed by atoms with Gasteiger partial charge in [0.15, 0.2) is 0 Å². The van der Waals surface area contributed by atoms with Crippen molar-refractivity contribution in [3.05, 3.63) is 11.1 Å². The maximum absolute atomic E-state index is 12.0. The first-order valence-corrected chi connectivity index (χ1v) is 15.3. The number of nitrogens with one attached hydrogen (secondary N) is 1. The number of fused-ring (bicyclic) bond motifs is 3. The molecule has 0 aromatic heterocycles. The largest absolute Gasteiger partial charge is 0.453 e. The first-order chi connectivity index (χ1) is 17.4. The SMILES string of the molecule is COC(=O)NC(C)C(C)C(OO)C1CC2(C)C(C)C3C(C)C(C)CC(C)[C@@]3(C)C(C)C(C)C(=C1C)C2(C)C. The van der Waals surface area contributed by atoms with Crippen molar-refractivity contribution in [2.45, 2.75) is 115 Å². The van der Waals surface area contributed by atoms with Gasteiger partial charge in [0.1, 0.15) is 6.10 Å². The molecule has 2 N–H and O–H groups in total. The Balaban J connectivity index is 2.21. The molecule has 2 bridgehead atoms.